The van der Waals surface area contributed by atoms with Crippen molar-refractivity contribution in [1.29, 1.82) is 0 Å². The third kappa shape index (κ3) is 2.30. The van der Waals surface area contributed by atoms with Crippen LogP contribution >= 0.6 is 0 Å². The number of pyridine rings is 1. The lowest BCUT2D eigenvalue weighted by atomic mass is 10.1. The molecule has 3 nitrogen and oxygen atoms in total. The maximum atomic E-state index is 13.5. The van der Waals surface area contributed by atoms with Crippen LogP contribution in [-0.4, -0.2) is 16.1 Å². The maximum absolute atomic E-state index is 13.5. The lowest BCUT2D eigenvalue weighted by Gasteiger charge is -2.08. The Labute approximate surface area is 112 Å². The summed E-state index contributed by atoms with van der Waals surface area (Å²) in [6, 6.07) is 1.23. The van der Waals surface area contributed by atoms with Crippen molar-refractivity contribution in [3.8, 4) is 11.3 Å². The van der Waals surface area contributed by atoms with Crippen LogP contribution in [0, 0.1) is 35.0 Å². The van der Waals surface area contributed by atoms with Crippen molar-refractivity contribution in [2.24, 2.45) is 0 Å². The number of hydrogen-bond donors (Lipinski definition) is 1. The highest BCUT2D eigenvalue weighted by Gasteiger charge is 2.28. The molecule has 0 bridgehead atoms. The van der Waals surface area contributed by atoms with Crippen molar-refractivity contribution < 1.29 is 36.2 Å². The Kier molecular flexibility index (Phi) is 3.58. The summed E-state index contributed by atoms with van der Waals surface area (Å²) >= 11 is 0. The molecular weight excluding hydrogens is 304 g/mol. The number of nitrogens with zero attached hydrogens (tertiary/aromatic N) is 1. The van der Waals surface area contributed by atoms with Gasteiger partial charge < -0.3 is 5.11 Å². The Morgan fingerprint density at radius 3 is 1.76 bits per heavy atom. The zero-order valence-electron chi connectivity index (χ0n) is 9.73. The quantitative estimate of drug-likeness (QED) is 0.401. The van der Waals surface area contributed by atoms with E-state index in [-0.39, 0.29) is 0 Å². The number of rotatable bonds is 2. The molecule has 0 amide bonds. The molecule has 1 heterocycles. The van der Waals surface area contributed by atoms with Gasteiger partial charge in [0.2, 0.25) is 11.8 Å². The monoisotopic (exact) mass is 307 g/mol. The van der Waals surface area contributed by atoms with Gasteiger partial charge in [0, 0.05) is 0 Å². The van der Waals surface area contributed by atoms with Crippen molar-refractivity contribution >= 4 is 5.97 Å². The summed E-state index contributed by atoms with van der Waals surface area (Å²) in [7, 11) is 0. The maximum Gasteiger partial charge on any atom is 0.340 e. The summed E-state index contributed by atoms with van der Waals surface area (Å²) in [4.78, 5) is 13.5. The van der Waals surface area contributed by atoms with Crippen LogP contribution in [-0.2, 0) is 0 Å². The van der Waals surface area contributed by atoms with E-state index in [2.05, 4.69) is 4.98 Å². The highest BCUT2D eigenvalue weighted by molar-refractivity contribution is 5.87. The van der Waals surface area contributed by atoms with Crippen molar-refractivity contribution in [2.75, 3.05) is 0 Å². The van der Waals surface area contributed by atoms with Crippen LogP contribution in [0.5, 0.6) is 0 Å². The molecule has 0 fully saturated rings. The number of halogens is 6. The number of benzene rings is 1. The van der Waals surface area contributed by atoms with Crippen molar-refractivity contribution in [3.63, 3.8) is 0 Å². The minimum absolute atomic E-state index is 0.595. The highest BCUT2D eigenvalue weighted by Crippen LogP contribution is 2.30. The fourth-order valence-electron chi connectivity index (χ4n) is 1.56. The van der Waals surface area contributed by atoms with Crippen LogP contribution in [0.3, 0.4) is 0 Å². The van der Waals surface area contributed by atoms with Crippen LogP contribution in [0.2, 0.25) is 0 Å². The summed E-state index contributed by atoms with van der Waals surface area (Å²) in [6.07, 6.45) is 0. The van der Waals surface area contributed by atoms with Crippen LogP contribution in [0.4, 0.5) is 26.3 Å². The Morgan fingerprint density at radius 1 is 0.857 bits per heavy atom. The van der Waals surface area contributed by atoms with E-state index in [1.807, 2.05) is 0 Å². The molecule has 0 radical (unpaired) electrons. The second-order valence-corrected chi connectivity index (χ2v) is 3.78. The van der Waals surface area contributed by atoms with Crippen molar-refractivity contribution in [1.82, 2.24) is 4.98 Å². The van der Waals surface area contributed by atoms with Crippen LogP contribution < -0.4 is 0 Å². The number of aromatic carboxylic acids is 1. The molecule has 0 spiro atoms. The van der Waals surface area contributed by atoms with E-state index >= 15 is 0 Å². The zero-order valence-corrected chi connectivity index (χ0v) is 9.73. The normalized spacial score (nSPS) is 10.8. The fourth-order valence-corrected chi connectivity index (χ4v) is 1.56. The summed E-state index contributed by atoms with van der Waals surface area (Å²) in [5, 5.41) is 8.56. The van der Waals surface area contributed by atoms with E-state index < -0.39 is 57.8 Å². The van der Waals surface area contributed by atoms with Gasteiger partial charge in [-0.15, -0.1) is 0 Å². The molecular formula is C12H3F6NO2. The van der Waals surface area contributed by atoms with Gasteiger partial charge in [0.05, 0.1) is 11.3 Å². The molecule has 9 heteroatoms. The molecule has 110 valence electrons. The highest BCUT2D eigenvalue weighted by atomic mass is 19.2. The average molecular weight is 307 g/mol. The van der Waals surface area contributed by atoms with Gasteiger partial charge in [0.25, 0.3) is 0 Å². The van der Waals surface area contributed by atoms with Gasteiger partial charge in [-0.2, -0.15) is 4.39 Å². The van der Waals surface area contributed by atoms with Gasteiger partial charge in [-0.3, -0.25) is 0 Å². The molecule has 0 saturated heterocycles. The predicted octanol–water partition coefficient (Wildman–Crippen LogP) is 3.28. The molecule has 0 atom stereocenters. The lowest BCUT2D eigenvalue weighted by Crippen LogP contribution is -2.07. The van der Waals surface area contributed by atoms with E-state index in [1.54, 1.807) is 0 Å². The third-order valence-corrected chi connectivity index (χ3v) is 2.55. The molecule has 0 aliphatic carbocycles. The smallest absolute Gasteiger partial charge is 0.340 e. The fraction of sp³-hybridized carbons (Fsp3) is 0. The second-order valence-electron chi connectivity index (χ2n) is 3.78. The topological polar surface area (TPSA) is 50.2 Å². The Hall–Kier alpha value is -2.58. The summed E-state index contributed by atoms with van der Waals surface area (Å²) in [5.41, 5.74) is -3.28. The Balaban J connectivity index is 2.74. The first-order valence-corrected chi connectivity index (χ1v) is 5.17. The molecule has 0 aliphatic rings. The van der Waals surface area contributed by atoms with E-state index in [0.717, 1.165) is 0 Å². The number of carbonyl (C=O) groups is 1. The molecule has 21 heavy (non-hydrogen) atoms. The minimum atomic E-state index is -2.36. The first-order chi connectivity index (χ1) is 9.75. The largest absolute Gasteiger partial charge is 0.478 e. The molecule has 2 rings (SSSR count). The lowest BCUT2D eigenvalue weighted by molar-refractivity contribution is 0.0691. The van der Waals surface area contributed by atoms with Crippen LogP contribution in [0.1, 0.15) is 10.4 Å². The number of aromatic nitrogens is 1. The first-order valence-electron chi connectivity index (χ1n) is 5.17. The second kappa shape index (κ2) is 5.08. The molecule has 2 aromatic rings. The zero-order chi connectivity index (χ0) is 15.9. The van der Waals surface area contributed by atoms with Crippen LogP contribution in [0.25, 0.3) is 11.3 Å². The average Bonchev–Trinajstić information content (AvgIpc) is 2.43. The van der Waals surface area contributed by atoms with Gasteiger partial charge in [-0.05, 0) is 12.1 Å². The number of carboxylic acids is 1. The molecule has 0 saturated carbocycles. The molecule has 1 aromatic heterocycles. The summed E-state index contributed by atoms with van der Waals surface area (Å²) in [5.74, 6) is -14.5. The van der Waals surface area contributed by atoms with Gasteiger partial charge in [-0.25, -0.2) is 31.7 Å². The van der Waals surface area contributed by atoms with Gasteiger partial charge in [0.15, 0.2) is 23.3 Å². The SMILES string of the molecule is O=C(O)c1ccc(-c2c(F)c(F)c(F)c(F)c2F)nc1F. The predicted molar refractivity (Wildman–Crippen MR) is 56.4 cm³/mol. The Morgan fingerprint density at radius 2 is 1.33 bits per heavy atom. The van der Waals surface area contributed by atoms with Crippen molar-refractivity contribution in [2.45, 2.75) is 0 Å². The molecule has 0 unspecified atom stereocenters. The van der Waals surface area contributed by atoms with E-state index in [4.69, 9.17) is 5.11 Å². The summed E-state index contributed by atoms with van der Waals surface area (Å²) in [6.45, 7) is 0. The third-order valence-electron chi connectivity index (χ3n) is 2.55. The molecule has 1 aromatic carbocycles. The van der Waals surface area contributed by atoms with Gasteiger partial charge in [0.1, 0.15) is 5.56 Å². The van der Waals surface area contributed by atoms with Gasteiger partial charge in [-0.1, -0.05) is 0 Å². The number of carboxylic acid groups (broad SMARTS) is 1. The molecule has 0 aliphatic heterocycles. The van der Waals surface area contributed by atoms with E-state index in [9.17, 15) is 31.1 Å². The van der Waals surface area contributed by atoms with Gasteiger partial charge >= 0.3 is 5.97 Å². The van der Waals surface area contributed by atoms with E-state index in [1.165, 1.54) is 0 Å². The standard InChI is InChI=1S/C12H3F6NO2/c13-6-5(7(14)9(16)10(17)8(6)15)4-2-1-3(12(20)21)11(18)19-4/h1-2H,(H,20,21). The number of hydrogen-bond acceptors (Lipinski definition) is 2. The first kappa shape index (κ1) is 14.8. The molecule has 1 N–H and O–H groups in total. The Bertz CT molecular complexity index is 733. The van der Waals surface area contributed by atoms with E-state index in [0.29, 0.717) is 12.1 Å². The van der Waals surface area contributed by atoms with Crippen LogP contribution in [0.15, 0.2) is 12.1 Å². The van der Waals surface area contributed by atoms with Crippen molar-refractivity contribution in [3.05, 3.63) is 52.7 Å². The summed E-state index contributed by atoms with van der Waals surface area (Å²) < 4.78 is 79.2. The minimum Gasteiger partial charge on any atom is -0.478 e.